The number of nitriles is 1. The molecule has 0 amide bonds. The summed E-state index contributed by atoms with van der Waals surface area (Å²) in [5.41, 5.74) is 0. The molecule has 0 bridgehead atoms. The first-order valence-corrected chi connectivity index (χ1v) is 7.34. The van der Waals surface area contributed by atoms with Gasteiger partial charge in [-0.3, -0.25) is 0 Å². The second kappa shape index (κ2) is 2.83. The van der Waals surface area contributed by atoms with E-state index in [1.54, 1.807) is 0 Å². The molecule has 46 valence electrons. The molecule has 0 radical (unpaired) electrons. The molecule has 0 aromatic rings. The molecule has 1 unspecified atom stereocenters. The summed E-state index contributed by atoms with van der Waals surface area (Å²) in [4.78, 5) is 0. The van der Waals surface area contributed by atoms with Crippen molar-refractivity contribution in [3.05, 3.63) is 0 Å². The molecule has 0 spiro atoms. The van der Waals surface area contributed by atoms with E-state index in [1.807, 2.05) is 0 Å². The lowest BCUT2D eigenvalue weighted by molar-refractivity contribution is 1.42. The fourth-order valence-electron chi connectivity index (χ4n) is 0.194. The predicted octanol–water partition coefficient (Wildman–Crippen LogP) is 2.19. The molecule has 0 aliphatic rings. The molecular formula is C5H10INSi. The zero-order valence-corrected chi connectivity index (χ0v) is 8.56. The van der Waals surface area contributed by atoms with Crippen LogP contribution in [0.2, 0.25) is 19.6 Å². The Morgan fingerprint density at radius 2 is 1.88 bits per heavy atom. The molecule has 0 aromatic carbocycles. The van der Waals surface area contributed by atoms with E-state index in [2.05, 4.69) is 48.3 Å². The quantitative estimate of drug-likeness (QED) is 0.391. The number of halogens is 1. The van der Waals surface area contributed by atoms with Crippen molar-refractivity contribution in [2.75, 3.05) is 0 Å². The Morgan fingerprint density at radius 1 is 1.50 bits per heavy atom. The van der Waals surface area contributed by atoms with Gasteiger partial charge in [0.05, 0.1) is 17.7 Å². The van der Waals surface area contributed by atoms with Crippen LogP contribution in [-0.2, 0) is 0 Å². The van der Waals surface area contributed by atoms with Gasteiger partial charge in [0.2, 0.25) is 0 Å². The Kier molecular flexibility index (Phi) is 2.98. The van der Waals surface area contributed by atoms with Gasteiger partial charge in [0.1, 0.15) is 0 Å². The standard InChI is InChI=1S/C5H10INSi/c1-8(2,3)5(6)4-7/h5H,1-3H3. The third-order valence-corrected chi connectivity index (χ3v) is 8.41. The van der Waals surface area contributed by atoms with Crippen LogP contribution in [0.15, 0.2) is 0 Å². The third-order valence-electron chi connectivity index (χ3n) is 0.874. The highest BCUT2D eigenvalue weighted by atomic mass is 127. The normalized spacial score (nSPS) is 14.9. The molecule has 0 rings (SSSR count). The molecule has 3 heteroatoms. The summed E-state index contributed by atoms with van der Waals surface area (Å²) >= 11 is 2.21. The molecule has 0 saturated heterocycles. The molecular weight excluding hydrogens is 229 g/mol. The number of rotatable bonds is 1. The second-order valence-electron chi connectivity index (χ2n) is 2.86. The number of alkyl halides is 1. The van der Waals surface area contributed by atoms with Gasteiger partial charge in [0, 0.05) is 0 Å². The van der Waals surface area contributed by atoms with E-state index >= 15 is 0 Å². The van der Waals surface area contributed by atoms with Crippen molar-refractivity contribution in [2.45, 2.75) is 23.2 Å². The highest BCUT2D eigenvalue weighted by molar-refractivity contribution is 14.1. The van der Waals surface area contributed by atoms with Crippen molar-refractivity contribution in [3.63, 3.8) is 0 Å². The zero-order chi connectivity index (χ0) is 6.78. The number of hydrogen-bond acceptors (Lipinski definition) is 1. The summed E-state index contributed by atoms with van der Waals surface area (Å²) in [7, 11) is -1.14. The van der Waals surface area contributed by atoms with Gasteiger partial charge in [-0.25, -0.2) is 0 Å². The van der Waals surface area contributed by atoms with Crippen LogP contribution in [0.5, 0.6) is 0 Å². The average Bonchev–Trinajstić information content (AvgIpc) is 1.62. The fraction of sp³-hybridized carbons (Fsp3) is 0.800. The minimum absolute atomic E-state index is 0.264. The van der Waals surface area contributed by atoms with Gasteiger partial charge in [0.25, 0.3) is 0 Å². The van der Waals surface area contributed by atoms with Gasteiger partial charge >= 0.3 is 0 Å². The van der Waals surface area contributed by atoms with Crippen LogP contribution in [0.4, 0.5) is 0 Å². The first kappa shape index (κ1) is 8.44. The first-order chi connectivity index (χ1) is 3.48. The molecule has 8 heavy (non-hydrogen) atoms. The Morgan fingerprint density at radius 3 is 1.88 bits per heavy atom. The SMILES string of the molecule is C[Si](C)(C)C(I)C#N. The molecule has 0 heterocycles. The first-order valence-electron chi connectivity index (χ1n) is 2.52. The smallest absolute Gasteiger partial charge is 0.0886 e. The molecule has 0 aromatic heterocycles. The molecule has 0 saturated carbocycles. The van der Waals surface area contributed by atoms with Gasteiger partial charge < -0.3 is 0 Å². The summed E-state index contributed by atoms with van der Waals surface area (Å²) in [6.45, 7) is 6.61. The summed E-state index contributed by atoms with van der Waals surface area (Å²) in [6, 6.07) is 2.25. The summed E-state index contributed by atoms with van der Waals surface area (Å²) in [5.74, 6) is 0. The Hall–Kier alpha value is 0.437. The lowest BCUT2D eigenvalue weighted by Crippen LogP contribution is -2.31. The maximum absolute atomic E-state index is 8.45. The summed E-state index contributed by atoms with van der Waals surface area (Å²) < 4.78 is 0.264. The van der Waals surface area contributed by atoms with Crippen LogP contribution in [-0.4, -0.2) is 11.6 Å². The second-order valence-corrected chi connectivity index (χ2v) is 10.6. The van der Waals surface area contributed by atoms with Crippen LogP contribution in [0.25, 0.3) is 0 Å². The maximum Gasteiger partial charge on any atom is 0.0886 e. The number of nitrogens with zero attached hydrogens (tertiary/aromatic N) is 1. The fourth-order valence-corrected chi connectivity index (χ4v) is 0.581. The van der Waals surface area contributed by atoms with Crippen LogP contribution < -0.4 is 0 Å². The van der Waals surface area contributed by atoms with Crippen molar-refractivity contribution >= 4 is 30.7 Å². The van der Waals surface area contributed by atoms with Gasteiger partial charge in [-0.15, -0.1) is 0 Å². The largest absolute Gasteiger partial charge is 0.198 e. The van der Waals surface area contributed by atoms with E-state index in [4.69, 9.17) is 5.26 Å². The minimum atomic E-state index is -1.14. The van der Waals surface area contributed by atoms with E-state index in [0.717, 1.165) is 0 Å². The molecule has 0 fully saturated rings. The van der Waals surface area contributed by atoms with Gasteiger partial charge in [-0.2, -0.15) is 5.26 Å². The Bertz CT molecular complexity index is 111. The predicted molar refractivity (Wildman–Crippen MR) is 46.8 cm³/mol. The lowest BCUT2D eigenvalue weighted by atomic mass is 10.9. The van der Waals surface area contributed by atoms with Crippen molar-refractivity contribution < 1.29 is 0 Å². The maximum atomic E-state index is 8.45. The monoisotopic (exact) mass is 239 g/mol. The van der Waals surface area contributed by atoms with E-state index in [9.17, 15) is 0 Å². The summed E-state index contributed by atoms with van der Waals surface area (Å²) in [6.07, 6.45) is 0. The van der Waals surface area contributed by atoms with Crippen LogP contribution >= 0.6 is 22.6 Å². The van der Waals surface area contributed by atoms with Crippen molar-refractivity contribution in [3.8, 4) is 6.07 Å². The van der Waals surface area contributed by atoms with Crippen molar-refractivity contribution in [1.29, 1.82) is 5.26 Å². The zero-order valence-electron chi connectivity index (χ0n) is 5.40. The third kappa shape index (κ3) is 2.67. The lowest BCUT2D eigenvalue weighted by Gasteiger charge is -2.15. The van der Waals surface area contributed by atoms with Crippen molar-refractivity contribution in [1.82, 2.24) is 0 Å². The van der Waals surface area contributed by atoms with E-state index in [1.165, 1.54) is 0 Å². The summed E-state index contributed by atoms with van der Waals surface area (Å²) in [5, 5.41) is 8.45. The average molecular weight is 239 g/mol. The molecule has 1 atom stereocenters. The number of hydrogen-bond donors (Lipinski definition) is 0. The highest BCUT2D eigenvalue weighted by Crippen LogP contribution is 2.14. The Balaban J connectivity index is 3.87. The van der Waals surface area contributed by atoms with E-state index in [-0.39, 0.29) is 3.55 Å². The molecule has 1 nitrogen and oxygen atoms in total. The van der Waals surface area contributed by atoms with Crippen LogP contribution in [0, 0.1) is 11.3 Å². The van der Waals surface area contributed by atoms with Crippen LogP contribution in [0.1, 0.15) is 0 Å². The topological polar surface area (TPSA) is 23.8 Å². The molecule has 0 aliphatic carbocycles. The molecule has 0 N–H and O–H groups in total. The minimum Gasteiger partial charge on any atom is -0.198 e. The molecule has 0 aliphatic heterocycles. The van der Waals surface area contributed by atoms with Gasteiger partial charge in [0.15, 0.2) is 0 Å². The van der Waals surface area contributed by atoms with E-state index < -0.39 is 8.07 Å². The van der Waals surface area contributed by atoms with Gasteiger partial charge in [-0.1, -0.05) is 42.2 Å². The van der Waals surface area contributed by atoms with E-state index in [0.29, 0.717) is 0 Å². The Labute approximate surface area is 65.2 Å². The van der Waals surface area contributed by atoms with Crippen molar-refractivity contribution in [2.24, 2.45) is 0 Å². The van der Waals surface area contributed by atoms with Gasteiger partial charge in [-0.05, 0) is 0 Å². The van der Waals surface area contributed by atoms with Crippen LogP contribution in [0.3, 0.4) is 0 Å². The highest BCUT2D eigenvalue weighted by Gasteiger charge is 2.22.